The average Bonchev–Trinajstić information content (AvgIpc) is 3.10. The summed E-state index contributed by atoms with van der Waals surface area (Å²) in [4.78, 5) is 26.0. The highest BCUT2D eigenvalue weighted by Crippen LogP contribution is 2.20. The van der Waals surface area contributed by atoms with Crippen molar-refractivity contribution < 1.29 is 4.79 Å². The normalized spacial score (nSPS) is 19.9. The molecular formula is C13H17N5OS2. The summed E-state index contributed by atoms with van der Waals surface area (Å²) in [5, 5.41) is 2.41. The second-order valence-corrected chi connectivity index (χ2v) is 6.99. The van der Waals surface area contributed by atoms with Crippen LogP contribution < -0.4 is 5.73 Å². The van der Waals surface area contributed by atoms with Gasteiger partial charge in [0, 0.05) is 48.7 Å². The number of nitrogens with zero attached hydrogens (tertiary/aromatic N) is 4. The highest BCUT2D eigenvalue weighted by atomic mass is 32.1. The Hall–Kier alpha value is -1.51. The molecule has 112 valence electrons. The maximum atomic E-state index is 12.4. The van der Waals surface area contributed by atoms with Crippen LogP contribution in [0.1, 0.15) is 22.3 Å². The van der Waals surface area contributed by atoms with Gasteiger partial charge in [-0.2, -0.15) is 0 Å². The molecule has 3 rings (SSSR count). The van der Waals surface area contributed by atoms with Crippen LogP contribution in [0.25, 0.3) is 0 Å². The Labute approximate surface area is 131 Å². The summed E-state index contributed by atoms with van der Waals surface area (Å²) in [5.41, 5.74) is 7.91. The lowest BCUT2D eigenvalue weighted by molar-refractivity contribution is 0.0472. The molecule has 2 N–H and O–H groups in total. The van der Waals surface area contributed by atoms with Gasteiger partial charge in [0.25, 0.3) is 5.91 Å². The van der Waals surface area contributed by atoms with Crippen LogP contribution in [-0.2, 0) is 6.54 Å². The monoisotopic (exact) mass is 323 g/mol. The Balaban J connectivity index is 1.60. The van der Waals surface area contributed by atoms with Gasteiger partial charge in [-0.1, -0.05) is 0 Å². The molecule has 0 bridgehead atoms. The van der Waals surface area contributed by atoms with Crippen molar-refractivity contribution in [2.75, 3.05) is 25.4 Å². The molecule has 0 aliphatic carbocycles. The van der Waals surface area contributed by atoms with Gasteiger partial charge in [0.1, 0.15) is 5.69 Å². The fourth-order valence-corrected chi connectivity index (χ4v) is 3.81. The number of amides is 1. The standard InChI is InChI=1S/C13H17N5OS2/c1-9-5-17(6-10-4-15-13(14)21-10)2-3-18(9)12(19)11-7-20-8-16-11/h4,7-9H,2-3,5-6H2,1H3,(H2,14,15)/t9-/m0/s1. The number of aromatic nitrogens is 2. The lowest BCUT2D eigenvalue weighted by Crippen LogP contribution is -2.53. The summed E-state index contributed by atoms with van der Waals surface area (Å²) in [5.74, 6) is 0.0328. The Kier molecular flexibility index (Phi) is 4.18. The first-order chi connectivity index (χ1) is 10.1. The van der Waals surface area contributed by atoms with Crippen LogP contribution in [-0.4, -0.2) is 51.4 Å². The number of nitrogen functional groups attached to an aromatic ring is 1. The van der Waals surface area contributed by atoms with Crippen molar-refractivity contribution >= 4 is 33.7 Å². The van der Waals surface area contributed by atoms with Crippen molar-refractivity contribution in [2.45, 2.75) is 19.5 Å². The third-order valence-electron chi connectivity index (χ3n) is 3.57. The van der Waals surface area contributed by atoms with E-state index in [0.717, 1.165) is 26.2 Å². The van der Waals surface area contributed by atoms with E-state index in [4.69, 9.17) is 5.73 Å². The highest BCUT2D eigenvalue weighted by molar-refractivity contribution is 7.15. The number of anilines is 1. The van der Waals surface area contributed by atoms with Gasteiger partial charge in [-0.05, 0) is 6.92 Å². The van der Waals surface area contributed by atoms with Gasteiger partial charge >= 0.3 is 0 Å². The Bertz CT molecular complexity index is 612. The number of carbonyl (C=O) groups excluding carboxylic acids is 1. The molecule has 2 aromatic rings. The van der Waals surface area contributed by atoms with Gasteiger partial charge in [-0.3, -0.25) is 9.69 Å². The van der Waals surface area contributed by atoms with E-state index in [1.54, 1.807) is 5.51 Å². The number of hydrogen-bond donors (Lipinski definition) is 1. The highest BCUT2D eigenvalue weighted by Gasteiger charge is 2.29. The molecule has 0 saturated carbocycles. The van der Waals surface area contributed by atoms with E-state index in [0.29, 0.717) is 10.8 Å². The summed E-state index contributed by atoms with van der Waals surface area (Å²) in [6.45, 7) is 5.37. The number of thiazole rings is 2. The quantitative estimate of drug-likeness (QED) is 0.927. The van der Waals surface area contributed by atoms with Crippen LogP contribution >= 0.6 is 22.7 Å². The lowest BCUT2D eigenvalue weighted by atomic mass is 10.1. The first-order valence-electron chi connectivity index (χ1n) is 6.75. The van der Waals surface area contributed by atoms with E-state index in [1.165, 1.54) is 27.6 Å². The second kappa shape index (κ2) is 6.08. The molecule has 0 unspecified atom stereocenters. The van der Waals surface area contributed by atoms with Gasteiger partial charge < -0.3 is 10.6 Å². The van der Waals surface area contributed by atoms with Gasteiger partial charge in [0.05, 0.1) is 5.51 Å². The molecule has 1 aliphatic heterocycles. The Morgan fingerprint density at radius 1 is 1.48 bits per heavy atom. The zero-order valence-electron chi connectivity index (χ0n) is 11.7. The molecule has 1 aliphatic rings. The minimum absolute atomic E-state index is 0.0328. The Morgan fingerprint density at radius 3 is 2.95 bits per heavy atom. The summed E-state index contributed by atoms with van der Waals surface area (Å²) in [6, 6.07) is 0.179. The van der Waals surface area contributed by atoms with Crippen molar-refractivity contribution in [1.82, 2.24) is 19.8 Å². The van der Waals surface area contributed by atoms with Crippen LogP contribution in [0.5, 0.6) is 0 Å². The zero-order valence-corrected chi connectivity index (χ0v) is 13.4. The van der Waals surface area contributed by atoms with E-state index < -0.39 is 0 Å². The molecule has 1 saturated heterocycles. The molecule has 0 radical (unpaired) electrons. The summed E-state index contributed by atoms with van der Waals surface area (Å²) in [7, 11) is 0. The van der Waals surface area contributed by atoms with Crippen LogP contribution in [0.4, 0.5) is 5.13 Å². The van der Waals surface area contributed by atoms with Crippen LogP contribution in [0.15, 0.2) is 17.1 Å². The number of hydrogen-bond acceptors (Lipinski definition) is 7. The van der Waals surface area contributed by atoms with E-state index in [9.17, 15) is 4.79 Å². The molecule has 0 aromatic carbocycles. The van der Waals surface area contributed by atoms with Crippen molar-refractivity contribution in [3.05, 3.63) is 27.7 Å². The fourth-order valence-electron chi connectivity index (χ4n) is 2.56. The molecule has 2 aromatic heterocycles. The van der Waals surface area contributed by atoms with Crippen LogP contribution in [0.2, 0.25) is 0 Å². The predicted molar refractivity (Wildman–Crippen MR) is 84.4 cm³/mol. The zero-order chi connectivity index (χ0) is 14.8. The second-order valence-electron chi connectivity index (χ2n) is 5.12. The largest absolute Gasteiger partial charge is 0.375 e. The number of carbonyl (C=O) groups is 1. The third-order valence-corrected chi connectivity index (χ3v) is 4.97. The summed E-state index contributed by atoms with van der Waals surface area (Å²) in [6.07, 6.45) is 1.83. The molecule has 21 heavy (non-hydrogen) atoms. The fraction of sp³-hybridized carbons (Fsp3) is 0.462. The summed E-state index contributed by atoms with van der Waals surface area (Å²) < 4.78 is 0. The van der Waals surface area contributed by atoms with Gasteiger partial charge in [0.2, 0.25) is 0 Å². The van der Waals surface area contributed by atoms with Crippen LogP contribution in [0, 0.1) is 0 Å². The van der Waals surface area contributed by atoms with Crippen LogP contribution in [0.3, 0.4) is 0 Å². The predicted octanol–water partition coefficient (Wildman–Crippen LogP) is 1.53. The molecule has 8 heteroatoms. The molecule has 1 amide bonds. The number of piperazine rings is 1. The maximum Gasteiger partial charge on any atom is 0.273 e. The smallest absolute Gasteiger partial charge is 0.273 e. The topological polar surface area (TPSA) is 75.4 Å². The number of nitrogens with two attached hydrogens (primary N) is 1. The third kappa shape index (κ3) is 3.22. The van der Waals surface area contributed by atoms with Gasteiger partial charge in [0.15, 0.2) is 5.13 Å². The molecular weight excluding hydrogens is 306 g/mol. The van der Waals surface area contributed by atoms with E-state index >= 15 is 0 Å². The van der Waals surface area contributed by atoms with Gasteiger partial charge in [-0.25, -0.2) is 9.97 Å². The molecule has 1 atom stereocenters. The lowest BCUT2D eigenvalue weighted by Gasteiger charge is -2.39. The van der Waals surface area contributed by atoms with Crippen molar-refractivity contribution in [2.24, 2.45) is 0 Å². The molecule has 1 fully saturated rings. The van der Waals surface area contributed by atoms with E-state index in [2.05, 4.69) is 21.8 Å². The molecule has 0 spiro atoms. The minimum atomic E-state index is 0.0328. The number of rotatable bonds is 3. The van der Waals surface area contributed by atoms with Crippen molar-refractivity contribution in [3.8, 4) is 0 Å². The maximum absolute atomic E-state index is 12.4. The SMILES string of the molecule is C[C@H]1CN(Cc2cnc(N)s2)CCN1C(=O)c1cscn1. The molecule has 6 nitrogen and oxygen atoms in total. The average molecular weight is 323 g/mol. The van der Waals surface area contributed by atoms with Gasteiger partial charge in [-0.15, -0.1) is 22.7 Å². The van der Waals surface area contributed by atoms with E-state index in [1.807, 2.05) is 16.5 Å². The first-order valence-corrected chi connectivity index (χ1v) is 8.51. The first kappa shape index (κ1) is 14.4. The van der Waals surface area contributed by atoms with Crippen molar-refractivity contribution in [3.63, 3.8) is 0 Å². The van der Waals surface area contributed by atoms with Crippen molar-refractivity contribution in [1.29, 1.82) is 0 Å². The summed E-state index contributed by atoms with van der Waals surface area (Å²) >= 11 is 2.97. The van der Waals surface area contributed by atoms with E-state index in [-0.39, 0.29) is 11.9 Å². The minimum Gasteiger partial charge on any atom is -0.375 e. The Morgan fingerprint density at radius 2 is 2.33 bits per heavy atom. The molecule has 3 heterocycles.